The summed E-state index contributed by atoms with van der Waals surface area (Å²) in [6, 6.07) is 10.7. The summed E-state index contributed by atoms with van der Waals surface area (Å²) in [6.07, 6.45) is 1.79. The van der Waals surface area contributed by atoms with Crippen molar-refractivity contribution in [1.29, 1.82) is 5.26 Å². The molecule has 1 heterocycles. The summed E-state index contributed by atoms with van der Waals surface area (Å²) < 4.78 is 31.0. The second kappa shape index (κ2) is 6.24. The largest absolute Gasteiger partial charge is 0.469 e. The summed E-state index contributed by atoms with van der Waals surface area (Å²) in [6.45, 7) is 0. The molecule has 0 aliphatic carbocycles. The van der Waals surface area contributed by atoms with Crippen molar-refractivity contribution in [3.8, 4) is 6.07 Å². The molecule has 0 aliphatic rings. The maximum absolute atomic E-state index is 12.0. The number of benzene rings is 1. The quantitative estimate of drug-likeness (QED) is 0.904. The minimum absolute atomic E-state index is 0.00924. The molecule has 0 unspecified atom stereocenters. The summed E-state index contributed by atoms with van der Waals surface area (Å²) in [7, 11) is -3.96. The van der Waals surface area contributed by atoms with Crippen molar-refractivity contribution in [2.45, 2.75) is 17.7 Å². The highest BCUT2D eigenvalue weighted by atomic mass is 32.2. The topological polar surface area (TPSA) is 100 Å². The number of carbonyl (C=O) groups excluding carboxylic acids is 1. The van der Waals surface area contributed by atoms with Gasteiger partial charge in [0, 0.05) is 12.8 Å². The first-order valence-corrected chi connectivity index (χ1v) is 7.58. The Kier molecular flexibility index (Phi) is 4.40. The van der Waals surface area contributed by atoms with Crippen LogP contribution < -0.4 is 4.72 Å². The van der Waals surface area contributed by atoms with Crippen LogP contribution in [0.4, 0.5) is 0 Å². The standard InChI is InChI=1S/C14H12N2O4S/c15-10-11-3-1-5-13(9-11)21(18,19)16-14(17)7-6-12-4-2-8-20-12/h1-5,8-9H,6-7H2,(H,16,17). The van der Waals surface area contributed by atoms with Gasteiger partial charge < -0.3 is 4.42 Å². The Hall–Kier alpha value is -2.59. The van der Waals surface area contributed by atoms with Gasteiger partial charge in [0.1, 0.15) is 5.76 Å². The van der Waals surface area contributed by atoms with E-state index >= 15 is 0 Å². The molecule has 1 aromatic carbocycles. The summed E-state index contributed by atoms with van der Waals surface area (Å²) in [5, 5.41) is 8.76. The summed E-state index contributed by atoms with van der Waals surface area (Å²) in [5.41, 5.74) is 0.209. The molecule has 6 nitrogen and oxygen atoms in total. The predicted molar refractivity (Wildman–Crippen MR) is 73.5 cm³/mol. The van der Waals surface area contributed by atoms with E-state index in [1.54, 1.807) is 12.1 Å². The number of sulfonamides is 1. The fraction of sp³-hybridized carbons (Fsp3) is 0.143. The number of carbonyl (C=O) groups is 1. The van der Waals surface area contributed by atoms with Crippen LogP contribution in [0.5, 0.6) is 0 Å². The van der Waals surface area contributed by atoms with E-state index in [4.69, 9.17) is 9.68 Å². The first-order chi connectivity index (χ1) is 10.0. The number of rotatable bonds is 5. The van der Waals surface area contributed by atoms with Crippen LogP contribution in [0.2, 0.25) is 0 Å². The Morgan fingerprint density at radius 1 is 1.29 bits per heavy atom. The molecule has 1 amide bonds. The molecule has 7 heteroatoms. The average Bonchev–Trinajstić information content (AvgIpc) is 2.98. The molecule has 1 aromatic heterocycles. The molecule has 0 bridgehead atoms. The van der Waals surface area contributed by atoms with Gasteiger partial charge in [0.05, 0.1) is 22.8 Å². The van der Waals surface area contributed by atoms with Crippen LogP contribution in [-0.2, 0) is 21.2 Å². The van der Waals surface area contributed by atoms with Gasteiger partial charge in [0.2, 0.25) is 5.91 Å². The molecule has 0 fully saturated rings. The van der Waals surface area contributed by atoms with Crippen LogP contribution in [-0.4, -0.2) is 14.3 Å². The second-order valence-corrected chi connectivity index (χ2v) is 5.93. The molecule has 108 valence electrons. The van der Waals surface area contributed by atoms with Crippen LogP contribution in [0.1, 0.15) is 17.7 Å². The van der Waals surface area contributed by atoms with Gasteiger partial charge in [-0.15, -0.1) is 0 Å². The van der Waals surface area contributed by atoms with Gasteiger partial charge in [-0.2, -0.15) is 5.26 Å². The van der Waals surface area contributed by atoms with Crippen LogP contribution in [0, 0.1) is 11.3 Å². The minimum atomic E-state index is -3.96. The normalized spacial score (nSPS) is 10.8. The summed E-state index contributed by atoms with van der Waals surface area (Å²) in [5.74, 6) is -0.0252. The molecule has 0 radical (unpaired) electrons. The highest BCUT2D eigenvalue weighted by molar-refractivity contribution is 7.90. The Labute approximate surface area is 122 Å². The van der Waals surface area contributed by atoms with Crippen LogP contribution >= 0.6 is 0 Å². The molecule has 2 aromatic rings. The molecular weight excluding hydrogens is 292 g/mol. The molecule has 0 aliphatic heterocycles. The van der Waals surface area contributed by atoms with Gasteiger partial charge in [-0.05, 0) is 30.3 Å². The zero-order valence-electron chi connectivity index (χ0n) is 10.9. The zero-order chi connectivity index (χ0) is 15.3. The number of nitrogens with zero attached hydrogens (tertiary/aromatic N) is 1. The van der Waals surface area contributed by atoms with Gasteiger partial charge >= 0.3 is 0 Å². The molecule has 0 saturated carbocycles. The number of hydrogen-bond donors (Lipinski definition) is 1. The first-order valence-electron chi connectivity index (χ1n) is 6.09. The number of amides is 1. The molecule has 0 saturated heterocycles. The van der Waals surface area contributed by atoms with Crippen molar-refractivity contribution in [1.82, 2.24) is 4.72 Å². The third kappa shape index (κ3) is 3.94. The fourth-order valence-corrected chi connectivity index (χ4v) is 2.74. The van der Waals surface area contributed by atoms with Crippen molar-refractivity contribution in [2.75, 3.05) is 0 Å². The van der Waals surface area contributed by atoms with Crippen LogP contribution in [0.25, 0.3) is 0 Å². The lowest BCUT2D eigenvalue weighted by atomic mass is 10.2. The Morgan fingerprint density at radius 3 is 2.76 bits per heavy atom. The second-order valence-electron chi connectivity index (χ2n) is 4.25. The van der Waals surface area contributed by atoms with E-state index in [9.17, 15) is 13.2 Å². The predicted octanol–water partition coefficient (Wildman–Crippen LogP) is 1.59. The highest BCUT2D eigenvalue weighted by Gasteiger charge is 2.18. The zero-order valence-corrected chi connectivity index (χ0v) is 11.8. The van der Waals surface area contributed by atoms with Gasteiger partial charge in [-0.1, -0.05) is 6.07 Å². The Morgan fingerprint density at radius 2 is 2.10 bits per heavy atom. The third-order valence-electron chi connectivity index (χ3n) is 2.70. The van der Waals surface area contributed by atoms with Crippen LogP contribution in [0.15, 0.2) is 52.0 Å². The van der Waals surface area contributed by atoms with E-state index in [0.717, 1.165) is 0 Å². The van der Waals surface area contributed by atoms with E-state index in [1.165, 1.54) is 30.5 Å². The smallest absolute Gasteiger partial charge is 0.264 e. The maximum atomic E-state index is 12.0. The van der Waals surface area contributed by atoms with Gasteiger partial charge in [0.15, 0.2) is 0 Å². The monoisotopic (exact) mass is 304 g/mol. The van der Waals surface area contributed by atoms with Crippen molar-refractivity contribution in [3.63, 3.8) is 0 Å². The lowest BCUT2D eigenvalue weighted by molar-refractivity contribution is -0.119. The van der Waals surface area contributed by atoms with E-state index in [2.05, 4.69) is 0 Å². The third-order valence-corrected chi connectivity index (χ3v) is 4.07. The van der Waals surface area contributed by atoms with Gasteiger partial charge in [0.25, 0.3) is 10.0 Å². The van der Waals surface area contributed by atoms with Gasteiger partial charge in [-0.3, -0.25) is 4.79 Å². The molecule has 0 atom stereocenters. The number of nitrogens with one attached hydrogen (secondary N) is 1. The minimum Gasteiger partial charge on any atom is -0.469 e. The SMILES string of the molecule is N#Cc1cccc(S(=O)(=O)NC(=O)CCc2ccco2)c1. The molecule has 21 heavy (non-hydrogen) atoms. The van der Waals surface area contributed by atoms with Crippen molar-refractivity contribution in [2.24, 2.45) is 0 Å². The Balaban J connectivity index is 2.03. The Bertz CT molecular complexity index is 774. The molecule has 2 rings (SSSR count). The number of nitriles is 1. The van der Waals surface area contributed by atoms with Crippen molar-refractivity contribution < 1.29 is 17.6 Å². The number of hydrogen-bond acceptors (Lipinski definition) is 5. The van der Waals surface area contributed by atoms with Crippen LogP contribution in [0.3, 0.4) is 0 Å². The summed E-state index contributed by atoms with van der Waals surface area (Å²) in [4.78, 5) is 11.6. The highest BCUT2D eigenvalue weighted by Crippen LogP contribution is 2.11. The molecule has 0 spiro atoms. The fourth-order valence-electron chi connectivity index (χ4n) is 1.68. The molecular formula is C14H12N2O4S. The van der Waals surface area contributed by atoms with Gasteiger partial charge in [-0.25, -0.2) is 13.1 Å². The maximum Gasteiger partial charge on any atom is 0.264 e. The van der Waals surface area contributed by atoms with E-state index in [-0.39, 0.29) is 16.9 Å². The average molecular weight is 304 g/mol. The number of furan rings is 1. The summed E-state index contributed by atoms with van der Waals surface area (Å²) >= 11 is 0. The molecule has 1 N–H and O–H groups in total. The van der Waals surface area contributed by atoms with E-state index in [1.807, 2.05) is 10.8 Å². The lowest BCUT2D eigenvalue weighted by Gasteiger charge is -2.06. The van der Waals surface area contributed by atoms with E-state index < -0.39 is 15.9 Å². The van der Waals surface area contributed by atoms with Crippen molar-refractivity contribution >= 4 is 15.9 Å². The van der Waals surface area contributed by atoms with Crippen molar-refractivity contribution in [3.05, 3.63) is 54.0 Å². The van der Waals surface area contributed by atoms with E-state index in [0.29, 0.717) is 12.2 Å². The first kappa shape index (κ1) is 14.8. The number of aryl methyl sites for hydroxylation is 1. The lowest BCUT2D eigenvalue weighted by Crippen LogP contribution is -2.30.